The van der Waals surface area contributed by atoms with E-state index in [4.69, 9.17) is 14.6 Å². The van der Waals surface area contributed by atoms with Crippen LogP contribution in [0.3, 0.4) is 0 Å². The first kappa shape index (κ1) is 20.4. The van der Waals surface area contributed by atoms with Crippen LogP contribution in [-0.4, -0.2) is 70.8 Å². The standard InChI is InChI=1S/C18H24N4O5/c1-12(18(24)25)11-21(3)17(23)16-13(2)19-22(20-16)14-5-7-15(8-6-14)27-10-9-26-4/h5-8,12H,9-11H2,1-4H3,(H,24,25). The minimum absolute atomic E-state index is 0.0912. The number of hydrogen-bond acceptors (Lipinski definition) is 6. The highest BCUT2D eigenvalue weighted by Gasteiger charge is 2.23. The molecule has 0 fully saturated rings. The molecule has 1 atom stereocenters. The first-order chi connectivity index (χ1) is 12.8. The highest BCUT2D eigenvalue weighted by Crippen LogP contribution is 2.16. The Morgan fingerprint density at radius 3 is 2.48 bits per heavy atom. The van der Waals surface area contributed by atoms with Gasteiger partial charge in [0.1, 0.15) is 12.4 Å². The molecule has 0 spiro atoms. The van der Waals surface area contributed by atoms with Crippen molar-refractivity contribution < 1.29 is 24.2 Å². The van der Waals surface area contributed by atoms with Crippen molar-refractivity contribution in [3.05, 3.63) is 35.7 Å². The van der Waals surface area contributed by atoms with Gasteiger partial charge in [-0.15, -0.1) is 5.10 Å². The number of carboxylic acids is 1. The number of amides is 1. The number of aromatic nitrogens is 3. The molecule has 9 nitrogen and oxygen atoms in total. The summed E-state index contributed by atoms with van der Waals surface area (Å²) in [4.78, 5) is 26.2. The predicted molar refractivity (Wildman–Crippen MR) is 97.2 cm³/mol. The monoisotopic (exact) mass is 376 g/mol. The molecule has 0 bridgehead atoms. The number of rotatable bonds is 9. The maximum atomic E-state index is 12.6. The molecule has 1 aromatic heterocycles. The summed E-state index contributed by atoms with van der Waals surface area (Å²) in [6, 6.07) is 7.13. The van der Waals surface area contributed by atoms with Crippen LogP contribution in [0, 0.1) is 12.8 Å². The molecule has 2 rings (SSSR count). The number of carbonyl (C=O) groups excluding carboxylic acids is 1. The van der Waals surface area contributed by atoms with Gasteiger partial charge >= 0.3 is 5.97 Å². The topological polar surface area (TPSA) is 107 Å². The molecule has 1 aromatic carbocycles. The van der Waals surface area contributed by atoms with E-state index in [0.29, 0.717) is 30.3 Å². The van der Waals surface area contributed by atoms with Crippen molar-refractivity contribution in [2.75, 3.05) is 33.9 Å². The number of nitrogens with zero attached hydrogens (tertiary/aromatic N) is 4. The van der Waals surface area contributed by atoms with Gasteiger partial charge in [0.2, 0.25) is 0 Å². The van der Waals surface area contributed by atoms with Gasteiger partial charge < -0.3 is 19.5 Å². The number of ether oxygens (including phenoxy) is 2. The van der Waals surface area contributed by atoms with Crippen molar-refractivity contribution >= 4 is 11.9 Å². The summed E-state index contributed by atoms with van der Waals surface area (Å²) >= 11 is 0. The quantitative estimate of drug-likeness (QED) is 0.659. The summed E-state index contributed by atoms with van der Waals surface area (Å²) in [7, 11) is 3.16. The number of hydrogen-bond donors (Lipinski definition) is 1. The average Bonchev–Trinajstić information content (AvgIpc) is 3.03. The van der Waals surface area contributed by atoms with E-state index in [9.17, 15) is 9.59 Å². The minimum Gasteiger partial charge on any atom is -0.491 e. The smallest absolute Gasteiger partial charge is 0.308 e. The fourth-order valence-electron chi connectivity index (χ4n) is 2.36. The Balaban J connectivity index is 2.11. The number of carboxylic acid groups (broad SMARTS) is 1. The fraction of sp³-hybridized carbons (Fsp3) is 0.444. The number of carbonyl (C=O) groups is 2. The van der Waals surface area contributed by atoms with Gasteiger partial charge in [-0.2, -0.15) is 9.90 Å². The molecular formula is C18H24N4O5. The molecule has 0 aliphatic rings. The second-order valence-electron chi connectivity index (χ2n) is 6.18. The summed E-state index contributed by atoms with van der Waals surface area (Å²) in [5.41, 5.74) is 1.34. The average molecular weight is 376 g/mol. The molecule has 1 N–H and O–H groups in total. The van der Waals surface area contributed by atoms with E-state index >= 15 is 0 Å². The lowest BCUT2D eigenvalue weighted by Crippen LogP contribution is -2.34. The number of methoxy groups -OCH3 is 1. The highest BCUT2D eigenvalue weighted by atomic mass is 16.5. The first-order valence-corrected chi connectivity index (χ1v) is 8.48. The third kappa shape index (κ3) is 5.27. The highest BCUT2D eigenvalue weighted by molar-refractivity contribution is 5.93. The van der Waals surface area contributed by atoms with Crippen LogP contribution in [0.15, 0.2) is 24.3 Å². The van der Waals surface area contributed by atoms with Crippen molar-refractivity contribution in [3.63, 3.8) is 0 Å². The predicted octanol–water partition coefficient (Wildman–Crippen LogP) is 1.39. The second-order valence-corrected chi connectivity index (χ2v) is 6.18. The third-order valence-corrected chi connectivity index (χ3v) is 3.92. The van der Waals surface area contributed by atoms with E-state index in [2.05, 4.69) is 10.2 Å². The van der Waals surface area contributed by atoms with Crippen molar-refractivity contribution in [2.24, 2.45) is 5.92 Å². The molecule has 146 valence electrons. The molecule has 0 radical (unpaired) electrons. The molecular weight excluding hydrogens is 352 g/mol. The largest absolute Gasteiger partial charge is 0.491 e. The second kappa shape index (κ2) is 9.13. The van der Waals surface area contributed by atoms with Crippen LogP contribution in [-0.2, 0) is 9.53 Å². The molecule has 27 heavy (non-hydrogen) atoms. The van der Waals surface area contributed by atoms with Crippen molar-refractivity contribution in [3.8, 4) is 11.4 Å². The Labute approximate surface area is 157 Å². The van der Waals surface area contributed by atoms with Crippen LogP contribution in [0.2, 0.25) is 0 Å². The summed E-state index contributed by atoms with van der Waals surface area (Å²) in [5, 5.41) is 17.5. The molecule has 0 aliphatic heterocycles. The van der Waals surface area contributed by atoms with Gasteiger partial charge in [0.15, 0.2) is 5.69 Å². The zero-order chi connectivity index (χ0) is 20.0. The lowest BCUT2D eigenvalue weighted by molar-refractivity contribution is -0.141. The normalized spacial score (nSPS) is 11.9. The lowest BCUT2D eigenvalue weighted by Gasteiger charge is -2.18. The Morgan fingerprint density at radius 2 is 1.89 bits per heavy atom. The summed E-state index contributed by atoms with van der Waals surface area (Å²) in [5.74, 6) is -1.30. The fourth-order valence-corrected chi connectivity index (χ4v) is 2.36. The molecule has 1 unspecified atom stereocenters. The van der Waals surface area contributed by atoms with E-state index in [1.165, 1.54) is 9.70 Å². The van der Waals surface area contributed by atoms with E-state index in [0.717, 1.165) is 0 Å². The van der Waals surface area contributed by atoms with Crippen LogP contribution in [0.4, 0.5) is 0 Å². The maximum absolute atomic E-state index is 12.6. The van der Waals surface area contributed by atoms with E-state index in [1.807, 2.05) is 0 Å². The zero-order valence-corrected chi connectivity index (χ0v) is 15.9. The molecule has 0 saturated heterocycles. The summed E-state index contributed by atoms with van der Waals surface area (Å²) < 4.78 is 10.4. The van der Waals surface area contributed by atoms with Crippen molar-refractivity contribution in [2.45, 2.75) is 13.8 Å². The number of aliphatic carboxylic acids is 1. The van der Waals surface area contributed by atoms with Crippen molar-refractivity contribution in [1.29, 1.82) is 0 Å². The third-order valence-electron chi connectivity index (χ3n) is 3.92. The van der Waals surface area contributed by atoms with Gasteiger partial charge in [-0.25, -0.2) is 0 Å². The Bertz CT molecular complexity index is 788. The SMILES string of the molecule is COCCOc1ccc(-n2nc(C)c(C(=O)N(C)CC(C)C(=O)O)n2)cc1. The Kier molecular flexibility index (Phi) is 6.89. The summed E-state index contributed by atoms with van der Waals surface area (Å²) in [6.07, 6.45) is 0. The van der Waals surface area contributed by atoms with Crippen molar-refractivity contribution in [1.82, 2.24) is 19.9 Å². The lowest BCUT2D eigenvalue weighted by atomic mass is 10.1. The zero-order valence-electron chi connectivity index (χ0n) is 15.9. The van der Waals surface area contributed by atoms with Crippen LogP contribution < -0.4 is 4.74 Å². The first-order valence-electron chi connectivity index (χ1n) is 8.48. The van der Waals surface area contributed by atoms with Crippen LogP contribution in [0.25, 0.3) is 5.69 Å². The molecule has 0 aliphatic carbocycles. The van der Waals surface area contributed by atoms with Gasteiger partial charge in [0, 0.05) is 20.7 Å². The van der Waals surface area contributed by atoms with Crippen LogP contribution >= 0.6 is 0 Å². The van der Waals surface area contributed by atoms with Gasteiger partial charge in [-0.3, -0.25) is 9.59 Å². The maximum Gasteiger partial charge on any atom is 0.308 e. The van der Waals surface area contributed by atoms with Gasteiger partial charge in [-0.1, -0.05) is 6.92 Å². The van der Waals surface area contributed by atoms with Gasteiger partial charge in [-0.05, 0) is 31.2 Å². The number of aryl methyl sites for hydroxylation is 1. The van der Waals surface area contributed by atoms with E-state index in [1.54, 1.807) is 52.3 Å². The van der Waals surface area contributed by atoms with Gasteiger partial charge in [0.05, 0.1) is 23.9 Å². The van der Waals surface area contributed by atoms with E-state index in [-0.39, 0.29) is 18.1 Å². The molecule has 2 aromatic rings. The van der Waals surface area contributed by atoms with E-state index < -0.39 is 11.9 Å². The molecule has 9 heteroatoms. The van der Waals surface area contributed by atoms with Crippen LogP contribution in [0.1, 0.15) is 23.1 Å². The minimum atomic E-state index is -0.956. The Morgan fingerprint density at radius 1 is 1.22 bits per heavy atom. The number of benzene rings is 1. The van der Waals surface area contributed by atoms with Crippen LogP contribution in [0.5, 0.6) is 5.75 Å². The molecule has 1 heterocycles. The Hall–Kier alpha value is -2.94. The van der Waals surface area contributed by atoms with Gasteiger partial charge in [0.25, 0.3) is 5.91 Å². The molecule has 1 amide bonds. The summed E-state index contributed by atoms with van der Waals surface area (Å²) in [6.45, 7) is 4.28. The molecule has 0 saturated carbocycles.